The Bertz CT molecular complexity index is 301. The summed E-state index contributed by atoms with van der Waals surface area (Å²) in [5.74, 6) is -0.538. The highest BCUT2D eigenvalue weighted by atomic mass is 16.7. The predicted molar refractivity (Wildman–Crippen MR) is 60.0 cm³/mol. The summed E-state index contributed by atoms with van der Waals surface area (Å²) in [6.07, 6.45) is -1.39. The van der Waals surface area contributed by atoms with Crippen LogP contribution in [0.5, 0.6) is 0 Å². The van der Waals surface area contributed by atoms with E-state index in [2.05, 4.69) is 0 Å². The summed E-state index contributed by atoms with van der Waals surface area (Å²) in [4.78, 5) is 22.1. The molecule has 1 rings (SSSR count). The molecule has 5 heteroatoms. The van der Waals surface area contributed by atoms with Gasteiger partial charge in [0.15, 0.2) is 6.10 Å². The van der Waals surface area contributed by atoms with Crippen LogP contribution in [0.1, 0.15) is 34.6 Å². The van der Waals surface area contributed by atoms with Gasteiger partial charge in [0, 0.05) is 19.8 Å². The zero-order valence-electron chi connectivity index (χ0n) is 10.9. The van der Waals surface area contributed by atoms with Crippen LogP contribution in [0, 0.1) is 11.8 Å². The van der Waals surface area contributed by atoms with E-state index < -0.39 is 24.3 Å². The molecule has 0 N–H and O–H groups in total. The standard InChI is InChI=1S/C12H20O5/c1-6-7(2)11(16-9(4)13)12(15-8(6)3)17-10(5)14/h6-8,11-12H,1-5H3/t6-,7+,8-,11-,12?/m1/s1. The van der Waals surface area contributed by atoms with Crippen molar-refractivity contribution in [1.29, 1.82) is 0 Å². The lowest BCUT2D eigenvalue weighted by Gasteiger charge is -2.42. The molecule has 0 amide bonds. The van der Waals surface area contributed by atoms with Crippen molar-refractivity contribution >= 4 is 11.9 Å². The molecule has 1 aliphatic rings. The quantitative estimate of drug-likeness (QED) is 0.689. The van der Waals surface area contributed by atoms with Gasteiger partial charge in [-0.2, -0.15) is 0 Å². The lowest BCUT2D eigenvalue weighted by molar-refractivity contribution is -0.263. The molecule has 1 saturated heterocycles. The monoisotopic (exact) mass is 244 g/mol. The zero-order chi connectivity index (χ0) is 13.2. The van der Waals surface area contributed by atoms with E-state index in [0.29, 0.717) is 0 Å². The molecule has 0 bridgehead atoms. The molecular formula is C12H20O5. The Labute approximate surface area is 101 Å². The fraction of sp³-hybridized carbons (Fsp3) is 0.833. The van der Waals surface area contributed by atoms with Crippen molar-refractivity contribution in [1.82, 2.24) is 0 Å². The average Bonchev–Trinajstić information content (AvgIpc) is 2.20. The highest BCUT2D eigenvalue weighted by Gasteiger charge is 2.43. The van der Waals surface area contributed by atoms with Crippen LogP contribution in [0.2, 0.25) is 0 Å². The first-order chi connectivity index (χ1) is 7.82. The third kappa shape index (κ3) is 3.43. The van der Waals surface area contributed by atoms with Gasteiger partial charge < -0.3 is 14.2 Å². The van der Waals surface area contributed by atoms with Gasteiger partial charge in [-0.15, -0.1) is 0 Å². The van der Waals surface area contributed by atoms with E-state index in [1.807, 2.05) is 20.8 Å². The predicted octanol–water partition coefficient (Wildman–Crippen LogP) is 1.50. The molecule has 5 atom stereocenters. The lowest BCUT2D eigenvalue weighted by Crippen LogP contribution is -2.51. The van der Waals surface area contributed by atoms with Crippen LogP contribution in [-0.4, -0.2) is 30.4 Å². The second-order valence-corrected chi connectivity index (χ2v) is 4.61. The highest BCUT2D eigenvalue weighted by molar-refractivity contribution is 5.67. The van der Waals surface area contributed by atoms with Gasteiger partial charge in [-0.1, -0.05) is 13.8 Å². The molecule has 0 aliphatic carbocycles. The van der Waals surface area contributed by atoms with E-state index in [0.717, 1.165) is 0 Å². The summed E-state index contributed by atoms with van der Waals surface area (Å²) >= 11 is 0. The zero-order valence-corrected chi connectivity index (χ0v) is 10.9. The number of rotatable bonds is 2. The van der Waals surface area contributed by atoms with E-state index in [9.17, 15) is 9.59 Å². The molecule has 0 aromatic carbocycles. The molecule has 0 aromatic rings. The van der Waals surface area contributed by atoms with Crippen LogP contribution in [0.25, 0.3) is 0 Å². The maximum Gasteiger partial charge on any atom is 0.305 e. The van der Waals surface area contributed by atoms with Crippen LogP contribution in [0.15, 0.2) is 0 Å². The molecule has 1 aliphatic heterocycles. The summed E-state index contributed by atoms with van der Waals surface area (Å²) in [7, 11) is 0. The Hall–Kier alpha value is -1.10. The number of carbonyl (C=O) groups excluding carboxylic acids is 2. The van der Waals surface area contributed by atoms with Gasteiger partial charge in [-0.05, 0) is 12.8 Å². The molecule has 0 radical (unpaired) electrons. The number of hydrogen-bond acceptors (Lipinski definition) is 5. The molecule has 98 valence electrons. The van der Waals surface area contributed by atoms with Crippen LogP contribution >= 0.6 is 0 Å². The summed E-state index contributed by atoms with van der Waals surface area (Å²) < 4.78 is 15.8. The minimum Gasteiger partial charge on any atom is -0.456 e. The average molecular weight is 244 g/mol. The maximum absolute atomic E-state index is 11.1. The molecule has 1 unspecified atom stereocenters. The van der Waals surface area contributed by atoms with E-state index in [-0.39, 0.29) is 17.9 Å². The molecule has 0 saturated carbocycles. The van der Waals surface area contributed by atoms with Crippen molar-refractivity contribution in [2.75, 3.05) is 0 Å². The van der Waals surface area contributed by atoms with Gasteiger partial charge in [0.05, 0.1) is 6.10 Å². The van der Waals surface area contributed by atoms with E-state index in [1.54, 1.807) is 0 Å². The fourth-order valence-corrected chi connectivity index (χ4v) is 2.00. The van der Waals surface area contributed by atoms with Crippen molar-refractivity contribution in [3.05, 3.63) is 0 Å². The molecule has 1 heterocycles. The molecule has 0 spiro atoms. The molecule has 5 nitrogen and oxygen atoms in total. The van der Waals surface area contributed by atoms with Crippen LogP contribution in [-0.2, 0) is 23.8 Å². The van der Waals surface area contributed by atoms with Gasteiger partial charge >= 0.3 is 11.9 Å². The minimum absolute atomic E-state index is 0.0406. The number of ether oxygens (including phenoxy) is 3. The number of esters is 2. The van der Waals surface area contributed by atoms with Crippen molar-refractivity contribution in [2.24, 2.45) is 11.8 Å². The Morgan fingerprint density at radius 3 is 1.94 bits per heavy atom. The summed E-state index contributed by atoms with van der Waals surface area (Å²) in [5, 5.41) is 0. The van der Waals surface area contributed by atoms with Gasteiger partial charge in [0.1, 0.15) is 0 Å². The normalized spacial score (nSPS) is 37.4. The van der Waals surface area contributed by atoms with Crippen molar-refractivity contribution in [3.63, 3.8) is 0 Å². The third-order valence-corrected chi connectivity index (χ3v) is 3.29. The van der Waals surface area contributed by atoms with Gasteiger partial charge in [0.25, 0.3) is 0 Å². The first-order valence-electron chi connectivity index (χ1n) is 5.82. The van der Waals surface area contributed by atoms with Crippen LogP contribution in [0.3, 0.4) is 0 Å². The SMILES string of the molecule is CC(=O)OC1O[C@H](C)[C@H](C)[C@H](C)[C@H]1OC(C)=O. The topological polar surface area (TPSA) is 61.8 Å². The minimum atomic E-state index is -0.808. The molecular weight excluding hydrogens is 224 g/mol. The van der Waals surface area contributed by atoms with Gasteiger partial charge in [-0.3, -0.25) is 9.59 Å². The first kappa shape index (κ1) is 14.0. The Morgan fingerprint density at radius 2 is 1.47 bits per heavy atom. The van der Waals surface area contributed by atoms with E-state index in [4.69, 9.17) is 14.2 Å². The smallest absolute Gasteiger partial charge is 0.305 e. The summed E-state index contributed by atoms with van der Waals surface area (Å²) in [6, 6.07) is 0. The number of hydrogen-bond donors (Lipinski definition) is 0. The largest absolute Gasteiger partial charge is 0.456 e. The van der Waals surface area contributed by atoms with Crippen LogP contribution in [0.4, 0.5) is 0 Å². The number of carbonyl (C=O) groups is 2. The van der Waals surface area contributed by atoms with Crippen molar-refractivity contribution in [3.8, 4) is 0 Å². The maximum atomic E-state index is 11.1. The molecule has 17 heavy (non-hydrogen) atoms. The van der Waals surface area contributed by atoms with E-state index in [1.165, 1.54) is 13.8 Å². The highest BCUT2D eigenvalue weighted by Crippen LogP contribution is 2.33. The van der Waals surface area contributed by atoms with Crippen LogP contribution < -0.4 is 0 Å². The van der Waals surface area contributed by atoms with E-state index >= 15 is 0 Å². The molecule has 1 fully saturated rings. The van der Waals surface area contributed by atoms with Crippen molar-refractivity contribution < 1.29 is 23.8 Å². The summed E-state index contributed by atoms with van der Waals surface area (Å²) in [5.41, 5.74) is 0. The molecule has 0 aromatic heterocycles. The Balaban J connectivity index is 2.82. The lowest BCUT2D eigenvalue weighted by atomic mass is 9.84. The Morgan fingerprint density at radius 1 is 0.941 bits per heavy atom. The first-order valence-corrected chi connectivity index (χ1v) is 5.82. The fourth-order valence-electron chi connectivity index (χ4n) is 2.00. The second-order valence-electron chi connectivity index (χ2n) is 4.61. The summed E-state index contributed by atoms with van der Waals surface area (Å²) in [6.45, 7) is 8.55. The van der Waals surface area contributed by atoms with Gasteiger partial charge in [0.2, 0.25) is 6.29 Å². The van der Waals surface area contributed by atoms with Gasteiger partial charge in [-0.25, -0.2) is 0 Å². The van der Waals surface area contributed by atoms with Crippen molar-refractivity contribution in [2.45, 2.75) is 53.1 Å². The Kier molecular flexibility index (Phi) is 4.51. The third-order valence-electron chi connectivity index (χ3n) is 3.29. The second kappa shape index (κ2) is 5.49.